The molecule has 6 heteroatoms. The Hall–Kier alpha value is -3.15. The molecule has 0 radical (unpaired) electrons. The van der Waals surface area contributed by atoms with Gasteiger partial charge in [0.05, 0.1) is 10.9 Å². The summed E-state index contributed by atoms with van der Waals surface area (Å²) in [7, 11) is 0. The lowest BCUT2D eigenvalue weighted by atomic mass is 10.2. The van der Waals surface area contributed by atoms with Gasteiger partial charge < -0.3 is 9.80 Å². The summed E-state index contributed by atoms with van der Waals surface area (Å²) in [5, 5.41) is 0.681. The number of halogens is 1. The first-order valence-electron chi connectivity index (χ1n) is 9.64. The number of para-hydroxylation sites is 1. The average molecular weight is 376 g/mol. The highest BCUT2D eigenvalue weighted by Crippen LogP contribution is 2.26. The van der Waals surface area contributed by atoms with Crippen molar-refractivity contribution in [2.45, 2.75) is 13.0 Å². The van der Waals surface area contributed by atoms with E-state index in [1.165, 1.54) is 12.1 Å². The van der Waals surface area contributed by atoms with Crippen LogP contribution in [0.1, 0.15) is 12.2 Å². The van der Waals surface area contributed by atoms with Gasteiger partial charge in [-0.3, -0.25) is 9.36 Å². The Kier molecular flexibility index (Phi) is 4.11. The van der Waals surface area contributed by atoms with Gasteiger partial charge in [0.2, 0.25) is 0 Å². The maximum atomic E-state index is 13.1. The van der Waals surface area contributed by atoms with Crippen molar-refractivity contribution >= 4 is 22.2 Å². The largest absolute Gasteiger partial charge is 0.373 e. The predicted octanol–water partition coefficient (Wildman–Crippen LogP) is 3.10. The van der Waals surface area contributed by atoms with E-state index in [4.69, 9.17) is 4.98 Å². The maximum Gasteiger partial charge on any atom is 0.261 e. The van der Waals surface area contributed by atoms with Gasteiger partial charge in [0.15, 0.2) is 0 Å². The molecule has 28 heavy (non-hydrogen) atoms. The maximum absolute atomic E-state index is 13.1. The summed E-state index contributed by atoms with van der Waals surface area (Å²) in [6.07, 6.45) is 3.00. The van der Waals surface area contributed by atoms with Crippen LogP contribution in [0.25, 0.3) is 16.5 Å². The van der Waals surface area contributed by atoms with Gasteiger partial charge in [-0.05, 0) is 42.8 Å². The number of aromatic nitrogens is 2. The lowest BCUT2D eigenvalue weighted by Crippen LogP contribution is -2.44. The van der Waals surface area contributed by atoms with E-state index in [2.05, 4.69) is 16.0 Å². The Balaban J connectivity index is 1.36. The van der Waals surface area contributed by atoms with Gasteiger partial charge >= 0.3 is 0 Å². The second-order valence-corrected chi connectivity index (χ2v) is 7.31. The first kappa shape index (κ1) is 17.0. The highest BCUT2D eigenvalue weighted by molar-refractivity contribution is 5.79. The molecule has 2 aromatic carbocycles. The van der Waals surface area contributed by atoms with E-state index in [1.807, 2.05) is 36.4 Å². The molecular formula is C22H21FN4O. The molecule has 5 nitrogen and oxygen atoms in total. The molecule has 1 fully saturated rings. The minimum atomic E-state index is -0.206. The highest BCUT2D eigenvalue weighted by atomic mass is 19.1. The molecule has 0 amide bonds. The summed E-state index contributed by atoms with van der Waals surface area (Å²) >= 11 is 0. The van der Waals surface area contributed by atoms with Gasteiger partial charge in [-0.1, -0.05) is 12.1 Å². The van der Waals surface area contributed by atoms with E-state index in [0.717, 1.165) is 55.2 Å². The Morgan fingerprint density at radius 3 is 2.46 bits per heavy atom. The van der Waals surface area contributed by atoms with Crippen LogP contribution in [0, 0.1) is 5.82 Å². The van der Waals surface area contributed by atoms with E-state index in [9.17, 15) is 9.18 Å². The van der Waals surface area contributed by atoms with Crippen LogP contribution >= 0.6 is 0 Å². The smallest absolute Gasteiger partial charge is 0.261 e. The number of hydrogen-bond donors (Lipinski definition) is 0. The van der Waals surface area contributed by atoms with Gasteiger partial charge in [0.1, 0.15) is 11.6 Å². The van der Waals surface area contributed by atoms with Crippen molar-refractivity contribution in [3.63, 3.8) is 0 Å². The topological polar surface area (TPSA) is 41.4 Å². The zero-order chi connectivity index (χ0) is 19.1. The van der Waals surface area contributed by atoms with Crippen molar-refractivity contribution in [3.05, 3.63) is 76.7 Å². The fourth-order valence-corrected chi connectivity index (χ4v) is 4.07. The molecule has 0 atom stereocenters. The molecule has 0 bridgehead atoms. The molecule has 3 heterocycles. The van der Waals surface area contributed by atoms with Crippen molar-refractivity contribution < 1.29 is 4.39 Å². The van der Waals surface area contributed by atoms with E-state index < -0.39 is 0 Å². The monoisotopic (exact) mass is 376 g/mol. The zero-order valence-electron chi connectivity index (χ0n) is 15.5. The predicted molar refractivity (Wildman–Crippen MR) is 109 cm³/mol. The number of hydrogen-bond acceptors (Lipinski definition) is 4. The Bertz CT molecular complexity index is 1110. The molecule has 2 aliphatic rings. The van der Waals surface area contributed by atoms with Crippen LogP contribution in [0.5, 0.6) is 0 Å². The minimum Gasteiger partial charge on any atom is -0.373 e. The number of piperazine rings is 1. The highest BCUT2D eigenvalue weighted by Gasteiger charge is 2.23. The van der Waals surface area contributed by atoms with Gasteiger partial charge in [-0.2, -0.15) is 0 Å². The lowest BCUT2D eigenvalue weighted by Gasteiger charge is -2.35. The molecule has 0 saturated carbocycles. The zero-order valence-corrected chi connectivity index (χ0v) is 15.5. The summed E-state index contributed by atoms with van der Waals surface area (Å²) in [4.78, 5) is 22.1. The Labute approximate surface area is 162 Å². The normalized spacial score (nSPS) is 18.1. The number of fused-ring (bicyclic) bond motifs is 2. The molecule has 0 aliphatic carbocycles. The Morgan fingerprint density at radius 2 is 1.68 bits per heavy atom. The van der Waals surface area contributed by atoms with Crippen molar-refractivity contribution in [1.82, 2.24) is 14.5 Å². The van der Waals surface area contributed by atoms with Gasteiger partial charge in [0, 0.05) is 50.2 Å². The molecule has 5 rings (SSSR count). The standard InChI is InChI=1S/C22H21FN4O/c23-17-5-7-18(8-6-17)26-13-11-25(12-14-26)15-16-9-10-27-21(16)24-20-4-2-1-3-19(20)22(27)28/h1-8,15H,9-14H2/b16-15+. The SMILES string of the molecule is O=c1c2ccccc2nc2n1CC/C2=C\N1CCN(c2ccc(F)cc2)CC1. The summed E-state index contributed by atoms with van der Waals surface area (Å²) in [6, 6.07) is 14.2. The van der Waals surface area contributed by atoms with Crippen LogP contribution in [0.3, 0.4) is 0 Å². The van der Waals surface area contributed by atoms with E-state index in [0.29, 0.717) is 11.9 Å². The molecule has 3 aromatic rings. The van der Waals surface area contributed by atoms with E-state index in [-0.39, 0.29) is 11.4 Å². The van der Waals surface area contributed by atoms with Crippen molar-refractivity contribution in [3.8, 4) is 0 Å². The summed E-state index contributed by atoms with van der Waals surface area (Å²) < 4.78 is 14.9. The Morgan fingerprint density at radius 1 is 0.929 bits per heavy atom. The molecule has 0 N–H and O–H groups in total. The van der Waals surface area contributed by atoms with Gasteiger partial charge in [-0.25, -0.2) is 9.37 Å². The van der Waals surface area contributed by atoms with E-state index in [1.54, 1.807) is 4.57 Å². The molecule has 0 unspecified atom stereocenters. The van der Waals surface area contributed by atoms with Gasteiger partial charge in [-0.15, -0.1) is 0 Å². The number of anilines is 1. The van der Waals surface area contributed by atoms with Crippen LogP contribution < -0.4 is 10.5 Å². The summed E-state index contributed by atoms with van der Waals surface area (Å²) in [5.41, 5.74) is 2.98. The number of nitrogens with zero attached hydrogens (tertiary/aromatic N) is 4. The average Bonchev–Trinajstić information content (AvgIpc) is 3.12. The van der Waals surface area contributed by atoms with Crippen molar-refractivity contribution in [1.29, 1.82) is 0 Å². The van der Waals surface area contributed by atoms with Crippen LogP contribution in [0.15, 0.2) is 59.5 Å². The molecule has 142 valence electrons. The summed E-state index contributed by atoms with van der Waals surface area (Å²) in [6.45, 7) is 4.23. The minimum absolute atomic E-state index is 0.0464. The van der Waals surface area contributed by atoms with Crippen molar-refractivity contribution in [2.24, 2.45) is 0 Å². The third-order valence-electron chi connectivity index (χ3n) is 5.60. The van der Waals surface area contributed by atoms with E-state index >= 15 is 0 Å². The first-order chi connectivity index (χ1) is 13.7. The fraction of sp³-hybridized carbons (Fsp3) is 0.273. The molecule has 1 saturated heterocycles. The van der Waals surface area contributed by atoms with Crippen LogP contribution in [-0.2, 0) is 6.54 Å². The quantitative estimate of drug-likeness (QED) is 0.689. The van der Waals surface area contributed by atoms with Crippen LogP contribution in [0.2, 0.25) is 0 Å². The third kappa shape index (κ3) is 2.95. The first-order valence-corrected chi connectivity index (χ1v) is 9.64. The van der Waals surface area contributed by atoms with Crippen LogP contribution in [-0.4, -0.2) is 40.6 Å². The second-order valence-electron chi connectivity index (χ2n) is 7.31. The second kappa shape index (κ2) is 6.78. The third-order valence-corrected chi connectivity index (χ3v) is 5.60. The van der Waals surface area contributed by atoms with Crippen molar-refractivity contribution in [2.75, 3.05) is 31.1 Å². The van der Waals surface area contributed by atoms with Gasteiger partial charge in [0.25, 0.3) is 5.56 Å². The number of rotatable bonds is 2. The van der Waals surface area contributed by atoms with Crippen LogP contribution in [0.4, 0.5) is 10.1 Å². The molecular weight excluding hydrogens is 355 g/mol. The molecule has 2 aliphatic heterocycles. The fourth-order valence-electron chi connectivity index (χ4n) is 4.07. The number of allylic oxidation sites excluding steroid dienone is 1. The number of benzene rings is 2. The summed E-state index contributed by atoms with van der Waals surface area (Å²) in [5.74, 6) is 0.590. The molecule has 1 aromatic heterocycles. The lowest BCUT2D eigenvalue weighted by molar-refractivity contribution is 0.349. The molecule has 0 spiro atoms.